The first-order valence-electron chi connectivity index (χ1n) is 5.76. The first-order chi connectivity index (χ1) is 8.09. The van der Waals surface area contributed by atoms with Crippen LogP contribution in [0, 0.1) is 10.1 Å². The highest BCUT2D eigenvalue weighted by atomic mass is 79.9. The van der Waals surface area contributed by atoms with Crippen LogP contribution in [0.5, 0.6) is 5.75 Å². The van der Waals surface area contributed by atoms with Crippen LogP contribution >= 0.6 is 15.9 Å². The van der Waals surface area contributed by atoms with E-state index in [9.17, 15) is 15.2 Å². The summed E-state index contributed by atoms with van der Waals surface area (Å²) in [4.78, 5) is 10.4. The highest BCUT2D eigenvalue weighted by molar-refractivity contribution is 9.10. The SMILES string of the molecule is O=[N+]([O-])c1cc(Br)c(O)c(C2CCCCC2)c1. The van der Waals surface area contributed by atoms with Gasteiger partial charge in [0.1, 0.15) is 5.75 Å². The maximum absolute atomic E-state index is 10.8. The molecule has 1 N–H and O–H groups in total. The molecule has 1 fully saturated rings. The quantitative estimate of drug-likeness (QED) is 0.660. The molecule has 1 aliphatic rings. The lowest BCUT2D eigenvalue weighted by molar-refractivity contribution is -0.385. The summed E-state index contributed by atoms with van der Waals surface area (Å²) >= 11 is 3.18. The third-order valence-electron chi connectivity index (χ3n) is 3.33. The Morgan fingerprint density at radius 1 is 1.29 bits per heavy atom. The molecule has 2 rings (SSSR count). The van der Waals surface area contributed by atoms with E-state index in [0.29, 0.717) is 10.0 Å². The lowest BCUT2D eigenvalue weighted by Crippen LogP contribution is -2.05. The Labute approximate surface area is 108 Å². The molecule has 4 nitrogen and oxygen atoms in total. The summed E-state index contributed by atoms with van der Waals surface area (Å²) in [6.45, 7) is 0. The summed E-state index contributed by atoms with van der Waals surface area (Å²) in [6.07, 6.45) is 5.48. The Kier molecular flexibility index (Phi) is 3.66. The van der Waals surface area contributed by atoms with Gasteiger partial charge in [-0.05, 0) is 34.7 Å². The van der Waals surface area contributed by atoms with Crippen molar-refractivity contribution in [1.82, 2.24) is 0 Å². The molecule has 0 radical (unpaired) electrons. The molecule has 0 aliphatic heterocycles. The number of aromatic hydroxyl groups is 1. The Hall–Kier alpha value is -1.10. The van der Waals surface area contributed by atoms with Crippen molar-refractivity contribution >= 4 is 21.6 Å². The van der Waals surface area contributed by atoms with Gasteiger partial charge in [0.2, 0.25) is 0 Å². The maximum Gasteiger partial charge on any atom is 0.271 e. The monoisotopic (exact) mass is 299 g/mol. The molecule has 1 aromatic rings. The van der Waals surface area contributed by atoms with E-state index in [0.717, 1.165) is 25.7 Å². The van der Waals surface area contributed by atoms with E-state index in [-0.39, 0.29) is 17.4 Å². The van der Waals surface area contributed by atoms with Crippen molar-refractivity contribution in [3.63, 3.8) is 0 Å². The number of phenols is 1. The normalized spacial score (nSPS) is 17.0. The smallest absolute Gasteiger partial charge is 0.271 e. The van der Waals surface area contributed by atoms with E-state index in [1.54, 1.807) is 0 Å². The standard InChI is InChI=1S/C12H14BrNO3/c13-11-7-9(14(16)17)6-10(12(11)15)8-4-2-1-3-5-8/h6-8,15H,1-5H2. The fourth-order valence-electron chi connectivity index (χ4n) is 2.44. The minimum atomic E-state index is -0.420. The summed E-state index contributed by atoms with van der Waals surface area (Å²) in [6, 6.07) is 2.86. The zero-order valence-corrected chi connectivity index (χ0v) is 10.9. The van der Waals surface area contributed by atoms with Crippen molar-refractivity contribution < 1.29 is 10.0 Å². The molecular weight excluding hydrogens is 286 g/mol. The zero-order valence-electron chi connectivity index (χ0n) is 9.36. The van der Waals surface area contributed by atoms with Gasteiger partial charge < -0.3 is 5.11 Å². The summed E-state index contributed by atoms with van der Waals surface area (Å²) in [5.41, 5.74) is 0.751. The van der Waals surface area contributed by atoms with Crippen molar-refractivity contribution in [2.24, 2.45) is 0 Å². The lowest BCUT2D eigenvalue weighted by Gasteiger charge is -2.22. The van der Waals surface area contributed by atoms with E-state index in [1.807, 2.05) is 0 Å². The second-order valence-electron chi connectivity index (χ2n) is 4.46. The molecule has 0 spiro atoms. The van der Waals surface area contributed by atoms with E-state index < -0.39 is 4.92 Å². The Morgan fingerprint density at radius 3 is 2.53 bits per heavy atom. The number of hydrogen-bond donors (Lipinski definition) is 1. The van der Waals surface area contributed by atoms with Gasteiger partial charge in [-0.1, -0.05) is 19.3 Å². The van der Waals surface area contributed by atoms with Gasteiger partial charge in [-0.2, -0.15) is 0 Å². The van der Waals surface area contributed by atoms with Crippen LogP contribution in [0.4, 0.5) is 5.69 Å². The van der Waals surface area contributed by atoms with Crippen LogP contribution in [-0.4, -0.2) is 10.0 Å². The Bertz CT molecular complexity index is 442. The van der Waals surface area contributed by atoms with Gasteiger partial charge >= 0.3 is 0 Å². The van der Waals surface area contributed by atoms with Gasteiger partial charge in [0.15, 0.2) is 0 Å². The lowest BCUT2D eigenvalue weighted by atomic mass is 9.83. The van der Waals surface area contributed by atoms with Crippen LogP contribution in [-0.2, 0) is 0 Å². The molecule has 1 saturated carbocycles. The largest absolute Gasteiger partial charge is 0.506 e. The number of non-ortho nitro benzene ring substituents is 1. The second kappa shape index (κ2) is 5.04. The van der Waals surface area contributed by atoms with Gasteiger partial charge in [0, 0.05) is 17.7 Å². The Balaban J connectivity index is 2.40. The third kappa shape index (κ3) is 2.60. The molecule has 1 aromatic carbocycles. The molecule has 0 unspecified atom stereocenters. The predicted molar refractivity (Wildman–Crippen MR) is 68.3 cm³/mol. The van der Waals surface area contributed by atoms with Crippen LogP contribution in [0.3, 0.4) is 0 Å². The van der Waals surface area contributed by atoms with Crippen molar-refractivity contribution in [2.45, 2.75) is 38.0 Å². The summed E-state index contributed by atoms with van der Waals surface area (Å²) in [5, 5.41) is 20.8. The van der Waals surface area contributed by atoms with Gasteiger partial charge in [-0.3, -0.25) is 10.1 Å². The van der Waals surface area contributed by atoms with Crippen molar-refractivity contribution in [1.29, 1.82) is 0 Å². The van der Waals surface area contributed by atoms with E-state index in [4.69, 9.17) is 0 Å². The van der Waals surface area contributed by atoms with Crippen molar-refractivity contribution in [3.8, 4) is 5.75 Å². The van der Waals surface area contributed by atoms with Crippen LogP contribution in [0.2, 0.25) is 0 Å². The van der Waals surface area contributed by atoms with Gasteiger partial charge in [0.25, 0.3) is 5.69 Å². The van der Waals surface area contributed by atoms with Gasteiger partial charge in [0.05, 0.1) is 9.40 Å². The van der Waals surface area contributed by atoms with Crippen LogP contribution < -0.4 is 0 Å². The number of rotatable bonds is 2. The fourth-order valence-corrected chi connectivity index (χ4v) is 2.90. The number of halogens is 1. The summed E-state index contributed by atoms with van der Waals surface area (Å²) < 4.78 is 0.410. The number of benzene rings is 1. The second-order valence-corrected chi connectivity index (χ2v) is 5.31. The highest BCUT2D eigenvalue weighted by Gasteiger charge is 2.23. The molecular formula is C12H14BrNO3. The summed E-state index contributed by atoms with van der Waals surface area (Å²) in [5.74, 6) is 0.405. The molecule has 17 heavy (non-hydrogen) atoms. The Morgan fingerprint density at radius 2 is 1.94 bits per heavy atom. The predicted octanol–water partition coefficient (Wildman–Crippen LogP) is 4.11. The first kappa shape index (κ1) is 12.4. The van der Waals surface area contributed by atoms with Gasteiger partial charge in [-0.15, -0.1) is 0 Å². The van der Waals surface area contributed by atoms with Crippen LogP contribution in [0.25, 0.3) is 0 Å². The van der Waals surface area contributed by atoms with E-state index in [1.165, 1.54) is 18.6 Å². The molecule has 92 valence electrons. The number of nitro benzene ring substituents is 1. The van der Waals surface area contributed by atoms with Crippen molar-refractivity contribution in [3.05, 3.63) is 32.3 Å². The van der Waals surface area contributed by atoms with Crippen molar-refractivity contribution in [2.75, 3.05) is 0 Å². The van der Waals surface area contributed by atoms with Gasteiger partial charge in [-0.25, -0.2) is 0 Å². The maximum atomic E-state index is 10.8. The van der Waals surface area contributed by atoms with Crippen LogP contribution in [0.15, 0.2) is 16.6 Å². The topological polar surface area (TPSA) is 63.4 Å². The molecule has 0 amide bonds. The van der Waals surface area contributed by atoms with E-state index >= 15 is 0 Å². The number of hydrogen-bond acceptors (Lipinski definition) is 3. The number of nitrogens with zero attached hydrogens (tertiary/aromatic N) is 1. The molecule has 5 heteroatoms. The molecule has 0 heterocycles. The molecule has 0 aromatic heterocycles. The third-order valence-corrected chi connectivity index (χ3v) is 3.94. The minimum Gasteiger partial charge on any atom is -0.506 e. The first-order valence-corrected chi connectivity index (χ1v) is 6.55. The average molecular weight is 300 g/mol. The highest BCUT2D eigenvalue weighted by Crippen LogP contribution is 2.42. The van der Waals surface area contributed by atoms with E-state index in [2.05, 4.69) is 15.9 Å². The zero-order chi connectivity index (χ0) is 12.4. The number of nitro groups is 1. The number of phenolic OH excluding ortho intramolecular Hbond substituents is 1. The average Bonchev–Trinajstić information content (AvgIpc) is 2.33. The molecule has 0 bridgehead atoms. The molecule has 0 saturated heterocycles. The summed E-state index contributed by atoms with van der Waals surface area (Å²) in [7, 11) is 0. The van der Waals surface area contributed by atoms with Crippen LogP contribution in [0.1, 0.15) is 43.6 Å². The minimum absolute atomic E-state index is 0.0373. The fraction of sp³-hybridized carbons (Fsp3) is 0.500. The molecule has 0 atom stereocenters. The molecule has 1 aliphatic carbocycles.